The van der Waals surface area contributed by atoms with Gasteiger partial charge >= 0.3 is 0 Å². The van der Waals surface area contributed by atoms with Gasteiger partial charge in [-0.2, -0.15) is 0 Å². The molecule has 2 aliphatic rings. The summed E-state index contributed by atoms with van der Waals surface area (Å²) in [6.07, 6.45) is 6.26. The van der Waals surface area contributed by atoms with E-state index in [0.29, 0.717) is 25.9 Å². The second-order valence-electron chi connectivity index (χ2n) is 7.14. The van der Waals surface area contributed by atoms with Crippen LogP contribution in [0.4, 0.5) is 5.69 Å². The molecule has 25 heavy (non-hydrogen) atoms. The number of para-hydroxylation sites is 1. The molecule has 1 aliphatic carbocycles. The van der Waals surface area contributed by atoms with Crippen LogP contribution in [0, 0.1) is 5.92 Å². The molecule has 138 valence electrons. The Balaban J connectivity index is 0.00000225. The fourth-order valence-corrected chi connectivity index (χ4v) is 3.82. The van der Waals surface area contributed by atoms with E-state index >= 15 is 0 Å². The number of amides is 2. The molecule has 0 aromatic heterocycles. The molecule has 1 heterocycles. The summed E-state index contributed by atoms with van der Waals surface area (Å²) in [7, 11) is 0. The third-order valence-corrected chi connectivity index (χ3v) is 5.37. The van der Waals surface area contributed by atoms with E-state index in [1.54, 1.807) is 0 Å². The summed E-state index contributed by atoms with van der Waals surface area (Å²) < 4.78 is 0. The van der Waals surface area contributed by atoms with Gasteiger partial charge in [0, 0.05) is 24.7 Å². The SMILES string of the molecule is Cl.NC1(C(=O)N2CCC(C(=O)Nc3ccccc3)CC2)CCCCC1. The highest BCUT2D eigenvalue weighted by molar-refractivity contribution is 5.93. The minimum absolute atomic E-state index is 0. The van der Waals surface area contributed by atoms with Crippen LogP contribution in [0.1, 0.15) is 44.9 Å². The molecule has 3 rings (SSSR count). The fraction of sp³-hybridized carbons (Fsp3) is 0.579. The number of rotatable bonds is 3. The lowest BCUT2D eigenvalue weighted by Crippen LogP contribution is -2.58. The first-order valence-corrected chi connectivity index (χ1v) is 9.03. The van der Waals surface area contributed by atoms with Gasteiger partial charge in [-0.3, -0.25) is 9.59 Å². The lowest BCUT2D eigenvalue weighted by atomic mass is 9.81. The van der Waals surface area contributed by atoms with Crippen molar-refractivity contribution in [2.24, 2.45) is 11.7 Å². The van der Waals surface area contributed by atoms with E-state index in [4.69, 9.17) is 5.73 Å². The number of carbonyl (C=O) groups excluding carboxylic acids is 2. The minimum Gasteiger partial charge on any atom is -0.341 e. The Hall–Kier alpha value is -1.59. The molecule has 1 saturated carbocycles. The molecule has 1 aromatic rings. The quantitative estimate of drug-likeness (QED) is 0.864. The number of piperidine rings is 1. The van der Waals surface area contributed by atoms with Crippen LogP contribution in [0.2, 0.25) is 0 Å². The summed E-state index contributed by atoms with van der Waals surface area (Å²) in [5.74, 6) is 0.104. The van der Waals surface area contributed by atoms with Gasteiger partial charge in [0.15, 0.2) is 0 Å². The molecule has 6 heteroatoms. The Labute approximate surface area is 155 Å². The summed E-state index contributed by atoms with van der Waals surface area (Å²) in [5, 5.41) is 2.96. The van der Waals surface area contributed by atoms with Gasteiger partial charge in [-0.25, -0.2) is 0 Å². The molecular weight excluding hydrogens is 338 g/mol. The second-order valence-corrected chi connectivity index (χ2v) is 7.14. The molecule has 1 aromatic carbocycles. The zero-order valence-corrected chi connectivity index (χ0v) is 15.4. The monoisotopic (exact) mass is 365 g/mol. The number of hydrogen-bond donors (Lipinski definition) is 2. The van der Waals surface area contributed by atoms with Crippen LogP contribution in [0.15, 0.2) is 30.3 Å². The fourth-order valence-electron chi connectivity index (χ4n) is 3.82. The van der Waals surface area contributed by atoms with Crippen LogP contribution in [-0.2, 0) is 9.59 Å². The molecule has 0 unspecified atom stereocenters. The van der Waals surface area contributed by atoms with E-state index in [2.05, 4.69) is 5.32 Å². The number of halogens is 1. The van der Waals surface area contributed by atoms with E-state index in [0.717, 1.165) is 31.4 Å². The van der Waals surface area contributed by atoms with Crippen molar-refractivity contribution in [3.8, 4) is 0 Å². The largest absolute Gasteiger partial charge is 0.341 e. The Morgan fingerprint density at radius 2 is 1.64 bits per heavy atom. The van der Waals surface area contributed by atoms with Crippen LogP contribution in [0.25, 0.3) is 0 Å². The van der Waals surface area contributed by atoms with Gasteiger partial charge in [-0.1, -0.05) is 37.5 Å². The van der Waals surface area contributed by atoms with Gasteiger partial charge in [-0.05, 0) is 37.8 Å². The number of nitrogens with one attached hydrogen (secondary N) is 1. The van der Waals surface area contributed by atoms with Crippen LogP contribution < -0.4 is 11.1 Å². The molecular formula is C19H28ClN3O2. The van der Waals surface area contributed by atoms with Crippen LogP contribution in [0.3, 0.4) is 0 Å². The van der Waals surface area contributed by atoms with Crippen LogP contribution in [0.5, 0.6) is 0 Å². The number of nitrogens with zero attached hydrogens (tertiary/aromatic N) is 1. The number of carbonyl (C=O) groups is 2. The second kappa shape index (κ2) is 8.68. The number of nitrogens with two attached hydrogens (primary N) is 1. The van der Waals surface area contributed by atoms with E-state index in [1.165, 1.54) is 6.42 Å². The standard InChI is InChI=1S/C19H27N3O2.ClH/c20-19(11-5-2-6-12-19)18(24)22-13-9-15(10-14-22)17(23)21-16-7-3-1-4-8-16;/h1,3-4,7-8,15H,2,5-6,9-14,20H2,(H,21,23);1H. The van der Waals surface area contributed by atoms with Crippen molar-refractivity contribution in [3.63, 3.8) is 0 Å². The van der Waals surface area contributed by atoms with Crippen molar-refractivity contribution in [2.75, 3.05) is 18.4 Å². The van der Waals surface area contributed by atoms with Gasteiger partial charge in [0.25, 0.3) is 0 Å². The molecule has 0 atom stereocenters. The molecule has 0 spiro atoms. The molecule has 0 radical (unpaired) electrons. The summed E-state index contributed by atoms with van der Waals surface area (Å²) >= 11 is 0. The molecule has 1 aliphatic heterocycles. The van der Waals surface area contributed by atoms with E-state index < -0.39 is 5.54 Å². The average Bonchev–Trinajstić information content (AvgIpc) is 2.63. The van der Waals surface area contributed by atoms with Crippen molar-refractivity contribution < 1.29 is 9.59 Å². The summed E-state index contributed by atoms with van der Waals surface area (Å²) in [6, 6.07) is 9.51. The Morgan fingerprint density at radius 3 is 2.24 bits per heavy atom. The van der Waals surface area contributed by atoms with Crippen LogP contribution >= 0.6 is 12.4 Å². The van der Waals surface area contributed by atoms with Gasteiger partial charge < -0.3 is 16.0 Å². The average molecular weight is 366 g/mol. The molecule has 1 saturated heterocycles. The highest BCUT2D eigenvalue weighted by Crippen LogP contribution is 2.29. The maximum absolute atomic E-state index is 12.7. The lowest BCUT2D eigenvalue weighted by molar-refractivity contribution is -0.140. The van der Waals surface area contributed by atoms with Gasteiger partial charge in [0.2, 0.25) is 11.8 Å². The zero-order valence-electron chi connectivity index (χ0n) is 14.6. The lowest BCUT2D eigenvalue weighted by Gasteiger charge is -2.39. The van der Waals surface area contributed by atoms with Crippen molar-refractivity contribution in [2.45, 2.75) is 50.5 Å². The maximum Gasteiger partial charge on any atom is 0.242 e. The normalized spacial score (nSPS) is 20.4. The van der Waals surface area contributed by atoms with Crippen LogP contribution in [-0.4, -0.2) is 35.3 Å². The Bertz CT molecular complexity index is 580. The zero-order chi connectivity index (χ0) is 17.0. The Morgan fingerprint density at radius 1 is 1.04 bits per heavy atom. The Kier molecular flexibility index (Phi) is 6.85. The van der Waals surface area contributed by atoms with Crippen molar-refractivity contribution in [1.29, 1.82) is 0 Å². The van der Waals surface area contributed by atoms with Crippen molar-refractivity contribution >= 4 is 29.9 Å². The number of benzene rings is 1. The first kappa shape index (κ1) is 19.7. The van der Waals surface area contributed by atoms with Gasteiger partial charge in [-0.15, -0.1) is 12.4 Å². The smallest absolute Gasteiger partial charge is 0.242 e. The predicted octanol–water partition coefficient (Wildman–Crippen LogP) is 2.95. The third kappa shape index (κ3) is 4.73. The number of hydrogen-bond acceptors (Lipinski definition) is 3. The molecule has 2 amide bonds. The minimum atomic E-state index is -0.669. The maximum atomic E-state index is 12.7. The molecule has 0 bridgehead atoms. The van der Waals surface area contributed by atoms with Gasteiger partial charge in [0.1, 0.15) is 0 Å². The first-order chi connectivity index (χ1) is 11.6. The van der Waals surface area contributed by atoms with Gasteiger partial charge in [0.05, 0.1) is 5.54 Å². The topological polar surface area (TPSA) is 75.4 Å². The van der Waals surface area contributed by atoms with Crippen molar-refractivity contribution in [3.05, 3.63) is 30.3 Å². The molecule has 5 nitrogen and oxygen atoms in total. The van der Waals surface area contributed by atoms with E-state index in [1.807, 2.05) is 35.2 Å². The molecule has 3 N–H and O–H groups in total. The van der Waals surface area contributed by atoms with Crippen molar-refractivity contribution in [1.82, 2.24) is 4.90 Å². The first-order valence-electron chi connectivity index (χ1n) is 9.03. The molecule has 2 fully saturated rings. The number of anilines is 1. The highest BCUT2D eigenvalue weighted by Gasteiger charge is 2.39. The number of likely N-dealkylation sites (tertiary alicyclic amines) is 1. The third-order valence-electron chi connectivity index (χ3n) is 5.37. The van der Waals surface area contributed by atoms with E-state index in [-0.39, 0.29) is 30.1 Å². The summed E-state index contributed by atoms with van der Waals surface area (Å²) in [4.78, 5) is 27.0. The summed E-state index contributed by atoms with van der Waals surface area (Å²) in [5.41, 5.74) is 6.51. The highest BCUT2D eigenvalue weighted by atomic mass is 35.5. The summed E-state index contributed by atoms with van der Waals surface area (Å²) in [6.45, 7) is 1.26. The van der Waals surface area contributed by atoms with E-state index in [9.17, 15) is 9.59 Å². The predicted molar refractivity (Wildman–Crippen MR) is 102 cm³/mol.